The summed E-state index contributed by atoms with van der Waals surface area (Å²) in [6.45, 7) is 0. The molecule has 3 rings (SSSR count). The Morgan fingerprint density at radius 2 is 1.84 bits per heavy atom. The van der Waals surface area contributed by atoms with E-state index >= 15 is 0 Å². The van der Waals surface area contributed by atoms with Gasteiger partial charge in [0, 0.05) is 42.3 Å². The van der Waals surface area contributed by atoms with Crippen LogP contribution in [0.25, 0.3) is 16.8 Å². The fourth-order valence-electron chi connectivity index (χ4n) is 2.32. The topological polar surface area (TPSA) is 69.3 Å². The molecule has 0 aliphatic heterocycles. The van der Waals surface area contributed by atoms with Gasteiger partial charge in [-0.25, -0.2) is 0 Å². The van der Waals surface area contributed by atoms with Crippen LogP contribution in [-0.4, -0.2) is 25.8 Å². The number of hydrogen-bond donors (Lipinski definition) is 1. The lowest BCUT2D eigenvalue weighted by Crippen LogP contribution is -2.18. The number of pyridine rings is 1. The van der Waals surface area contributed by atoms with E-state index in [0.717, 1.165) is 18.2 Å². The van der Waals surface area contributed by atoms with Crippen LogP contribution in [0.2, 0.25) is 0 Å². The van der Waals surface area contributed by atoms with Crippen molar-refractivity contribution in [2.45, 2.75) is 6.36 Å². The zero-order valence-electron chi connectivity index (χ0n) is 12.9. The summed E-state index contributed by atoms with van der Waals surface area (Å²) in [5.41, 5.74) is 0.744. The zero-order chi connectivity index (χ0) is 18.2. The van der Waals surface area contributed by atoms with Crippen molar-refractivity contribution in [1.29, 1.82) is 0 Å². The van der Waals surface area contributed by atoms with Crippen molar-refractivity contribution in [2.24, 2.45) is 7.05 Å². The van der Waals surface area contributed by atoms with Crippen LogP contribution in [0.3, 0.4) is 0 Å². The summed E-state index contributed by atoms with van der Waals surface area (Å²) < 4.78 is 43.2. The van der Waals surface area contributed by atoms with Crippen LogP contribution in [0.5, 0.6) is 11.5 Å². The molecular weight excluding hydrogens is 339 g/mol. The second-order valence-electron chi connectivity index (χ2n) is 5.22. The Hall–Kier alpha value is -3.23. The van der Waals surface area contributed by atoms with Crippen LogP contribution in [0, 0.1) is 0 Å². The van der Waals surface area contributed by atoms with Crippen molar-refractivity contribution in [3.63, 3.8) is 0 Å². The number of aromatic hydroxyl groups is 1. The van der Waals surface area contributed by atoms with Gasteiger partial charge in [0.25, 0.3) is 5.56 Å². The van der Waals surface area contributed by atoms with Crippen molar-refractivity contribution in [2.75, 3.05) is 0 Å². The Balaban J connectivity index is 2.01. The van der Waals surface area contributed by atoms with Crippen molar-refractivity contribution in [3.05, 3.63) is 59.3 Å². The van der Waals surface area contributed by atoms with Crippen molar-refractivity contribution in [3.8, 4) is 28.3 Å². The van der Waals surface area contributed by atoms with Gasteiger partial charge in [-0.05, 0) is 24.3 Å². The first-order chi connectivity index (χ1) is 11.7. The van der Waals surface area contributed by atoms with E-state index in [1.165, 1.54) is 33.8 Å². The molecule has 1 aromatic carbocycles. The second kappa shape index (κ2) is 6.00. The van der Waals surface area contributed by atoms with Crippen molar-refractivity contribution >= 4 is 0 Å². The van der Waals surface area contributed by atoms with E-state index in [-0.39, 0.29) is 5.75 Å². The van der Waals surface area contributed by atoms with Crippen LogP contribution in [0.15, 0.2) is 53.7 Å². The number of nitrogens with zero attached hydrogens (tertiary/aromatic N) is 3. The van der Waals surface area contributed by atoms with E-state index in [2.05, 4.69) is 9.84 Å². The SMILES string of the molecule is Cn1cc(-c2cn(-c3ccc(OC(F)(F)F)cc3)c(=O)cc2O)cn1. The molecule has 2 heterocycles. The Morgan fingerprint density at radius 1 is 1.16 bits per heavy atom. The molecular formula is C16H12F3N3O3. The Bertz CT molecular complexity index is 959. The molecule has 0 amide bonds. The van der Waals surface area contributed by atoms with Gasteiger partial charge in [0.05, 0.1) is 6.20 Å². The molecule has 0 atom stereocenters. The number of rotatable bonds is 3. The third-order valence-electron chi connectivity index (χ3n) is 3.40. The molecule has 0 fully saturated rings. The molecule has 1 N–H and O–H groups in total. The lowest BCUT2D eigenvalue weighted by molar-refractivity contribution is -0.274. The molecule has 3 aromatic rings. The largest absolute Gasteiger partial charge is 0.573 e. The maximum atomic E-state index is 12.2. The molecule has 0 unspecified atom stereocenters. The number of benzene rings is 1. The number of aryl methyl sites for hydroxylation is 1. The molecule has 0 aliphatic rings. The van der Waals surface area contributed by atoms with Crippen LogP contribution < -0.4 is 10.3 Å². The fourth-order valence-corrected chi connectivity index (χ4v) is 2.32. The molecule has 0 saturated heterocycles. The predicted molar refractivity (Wildman–Crippen MR) is 82.6 cm³/mol. The van der Waals surface area contributed by atoms with Gasteiger partial charge in [0.1, 0.15) is 11.5 Å². The summed E-state index contributed by atoms with van der Waals surface area (Å²) in [5, 5.41) is 14.0. The number of ether oxygens (including phenoxy) is 1. The average Bonchev–Trinajstić information content (AvgIpc) is 2.93. The summed E-state index contributed by atoms with van der Waals surface area (Å²) in [5.74, 6) is -0.609. The maximum Gasteiger partial charge on any atom is 0.573 e. The van der Waals surface area contributed by atoms with Gasteiger partial charge in [-0.2, -0.15) is 5.10 Å². The van der Waals surface area contributed by atoms with E-state index in [9.17, 15) is 23.1 Å². The highest BCUT2D eigenvalue weighted by molar-refractivity contribution is 5.68. The summed E-state index contributed by atoms with van der Waals surface area (Å²) in [7, 11) is 1.70. The monoisotopic (exact) mass is 351 g/mol. The van der Waals surface area contributed by atoms with Crippen LogP contribution >= 0.6 is 0 Å². The minimum Gasteiger partial charge on any atom is -0.507 e. The molecule has 0 aliphatic carbocycles. The standard InChI is InChI=1S/C16H12F3N3O3/c1-21-8-10(7-20-21)13-9-22(15(24)6-14(13)23)11-2-4-12(5-3-11)25-16(17,18)19/h2-9,23H,1H3. The molecule has 0 bridgehead atoms. The molecule has 0 radical (unpaired) electrons. The number of alkyl halides is 3. The molecule has 2 aromatic heterocycles. The number of hydrogen-bond acceptors (Lipinski definition) is 4. The van der Waals surface area contributed by atoms with Gasteiger partial charge < -0.3 is 9.84 Å². The van der Waals surface area contributed by atoms with E-state index in [0.29, 0.717) is 16.8 Å². The van der Waals surface area contributed by atoms with Crippen LogP contribution in [0.1, 0.15) is 0 Å². The minimum absolute atomic E-state index is 0.216. The van der Waals surface area contributed by atoms with E-state index in [4.69, 9.17) is 0 Å². The first-order valence-electron chi connectivity index (χ1n) is 7.04. The van der Waals surface area contributed by atoms with E-state index in [1.807, 2.05) is 0 Å². The van der Waals surface area contributed by atoms with Gasteiger partial charge in [0.15, 0.2) is 0 Å². The van der Waals surface area contributed by atoms with E-state index < -0.39 is 17.7 Å². The summed E-state index contributed by atoms with van der Waals surface area (Å²) in [6.07, 6.45) is -0.215. The minimum atomic E-state index is -4.79. The number of halogens is 3. The highest BCUT2D eigenvalue weighted by Crippen LogP contribution is 2.28. The molecule has 25 heavy (non-hydrogen) atoms. The van der Waals surface area contributed by atoms with Gasteiger partial charge in [-0.3, -0.25) is 14.0 Å². The Kier molecular flexibility index (Phi) is 3.99. The maximum absolute atomic E-state index is 12.2. The second-order valence-corrected chi connectivity index (χ2v) is 5.22. The quantitative estimate of drug-likeness (QED) is 0.788. The highest BCUT2D eigenvalue weighted by Gasteiger charge is 2.31. The van der Waals surface area contributed by atoms with E-state index in [1.54, 1.807) is 13.2 Å². The fraction of sp³-hybridized carbons (Fsp3) is 0.125. The highest BCUT2D eigenvalue weighted by atomic mass is 19.4. The first-order valence-corrected chi connectivity index (χ1v) is 7.04. The summed E-state index contributed by atoms with van der Waals surface area (Å²) >= 11 is 0. The smallest absolute Gasteiger partial charge is 0.507 e. The van der Waals surface area contributed by atoms with Gasteiger partial charge in [-0.15, -0.1) is 13.2 Å². The lowest BCUT2D eigenvalue weighted by Gasteiger charge is -2.11. The molecule has 0 spiro atoms. The molecule has 6 nitrogen and oxygen atoms in total. The zero-order valence-corrected chi connectivity index (χ0v) is 12.9. The third-order valence-corrected chi connectivity index (χ3v) is 3.40. The molecule has 9 heteroatoms. The molecule has 130 valence electrons. The first kappa shape index (κ1) is 16.6. The van der Waals surface area contributed by atoms with Gasteiger partial charge in [-0.1, -0.05) is 0 Å². The van der Waals surface area contributed by atoms with Crippen molar-refractivity contribution in [1.82, 2.24) is 14.3 Å². The van der Waals surface area contributed by atoms with Crippen molar-refractivity contribution < 1.29 is 23.0 Å². The Morgan fingerprint density at radius 3 is 2.40 bits per heavy atom. The van der Waals surface area contributed by atoms with Gasteiger partial charge in [0.2, 0.25) is 0 Å². The Labute approximate surface area is 139 Å². The van der Waals surface area contributed by atoms with Crippen LogP contribution in [-0.2, 0) is 7.05 Å². The lowest BCUT2D eigenvalue weighted by atomic mass is 10.1. The molecule has 0 saturated carbocycles. The third kappa shape index (κ3) is 3.65. The average molecular weight is 351 g/mol. The number of aromatic nitrogens is 3. The predicted octanol–water partition coefficient (Wildman–Crippen LogP) is 2.84. The summed E-state index contributed by atoms with van der Waals surface area (Å²) in [6, 6.07) is 5.86. The summed E-state index contributed by atoms with van der Waals surface area (Å²) in [4.78, 5) is 12.1. The normalized spacial score (nSPS) is 11.5. The van der Waals surface area contributed by atoms with Gasteiger partial charge >= 0.3 is 6.36 Å². The van der Waals surface area contributed by atoms with Crippen LogP contribution in [0.4, 0.5) is 13.2 Å².